The van der Waals surface area contributed by atoms with E-state index in [1.54, 1.807) is 24.3 Å². The van der Waals surface area contributed by atoms with Crippen molar-refractivity contribution >= 4 is 6.29 Å². The van der Waals surface area contributed by atoms with E-state index in [9.17, 15) is 15.0 Å². The standard InChI is InChI=1S/C17H18O3/c1-12(14-4-8-17(20)9-5-14)15(11-18)10-13-2-6-16(19)7-3-13/h2-9,11-12,15,19-20H,10H2,1H3. The van der Waals surface area contributed by atoms with Crippen molar-refractivity contribution in [3.05, 3.63) is 59.7 Å². The van der Waals surface area contributed by atoms with Gasteiger partial charge in [-0.05, 0) is 47.7 Å². The molecular formula is C17H18O3. The van der Waals surface area contributed by atoms with Crippen LogP contribution in [0.4, 0.5) is 0 Å². The molecule has 104 valence electrons. The van der Waals surface area contributed by atoms with Crippen molar-refractivity contribution < 1.29 is 15.0 Å². The summed E-state index contributed by atoms with van der Waals surface area (Å²) in [7, 11) is 0. The number of phenolic OH excluding ortho intramolecular Hbond substituents is 2. The number of carbonyl (C=O) groups excluding carboxylic acids is 1. The number of aldehydes is 1. The number of rotatable bonds is 5. The lowest BCUT2D eigenvalue weighted by molar-refractivity contribution is -0.111. The van der Waals surface area contributed by atoms with E-state index in [0.717, 1.165) is 17.4 Å². The van der Waals surface area contributed by atoms with Gasteiger partial charge in [-0.2, -0.15) is 0 Å². The Bertz CT molecular complexity index is 558. The second-order valence-electron chi connectivity index (χ2n) is 5.05. The van der Waals surface area contributed by atoms with Crippen molar-refractivity contribution in [2.45, 2.75) is 19.3 Å². The molecule has 0 radical (unpaired) electrons. The summed E-state index contributed by atoms with van der Waals surface area (Å²) in [5, 5.41) is 18.6. The molecule has 0 aliphatic carbocycles. The van der Waals surface area contributed by atoms with Crippen LogP contribution in [0, 0.1) is 5.92 Å². The molecule has 0 saturated carbocycles. The molecule has 0 bridgehead atoms. The van der Waals surface area contributed by atoms with Gasteiger partial charge in [-0.15, -0.1) is 0 Å². The smallest absolute Gasteiger partial charge is 0.124 e. The van der Waals surface area contributed by atoms with Crippen LogP contribution < -0.4 is 0 Å². The number of carbonyl (C=O) groups is 1. The fourth-order valence-corrected chi connectivity index (χ4v) is 2.27. The monoisotopic (exact) mass is 270 g/mol. The second kappa shape index (κ2) is 6.24. The largest absolute Gasteiger partial charge is 0.508 e. The Morgan fingerprint density at radius 2 is 1.45 bits per heavy atom. The molecule has 0 aromatic heterocycles. The maximum atomic E-state index is 11.4. The summed E-state index contributed by atoms with van der Waals surface area (Å²) in [6.45, 7) is 2.01. The normalized spacial score (nSPS) is 13.7. The fraction of sp³-hybridized carbons (Fsp3) is 0.235. The molecule has 2 aromatic carbocycles. The lowest BCUT2D eigenvalue weighted by Gasteiger charge is -2.19. The molecule has 0 saturated heterocycles. The van der Waals surface area contributed by atoms with Crippen LogP contribution in [-0.4, -0.2) is 16.5 Å². The van der Waals surface area contributed by atoms with E-state index in [-0.39, 0.29) is 23.3 Å². The van der Waals surface area contributed by atoms with E-state index in [1.807, 2.05) is 31.2 Å². The van der Waals surface area contributed by atoms with Gasteiger partial charge >= 0.3 is 0 Å². The van der Waals surface area contributed by atoms with Gasteiger partial charge in [0.15, 0.2) is 0 Å². The summed E-state index contributed by atoms with van der Waals surface area (Å²) in [5.74, 6) is 0.385. The van der Waals surface area contributed by atoms with Crippen molar-refractivity contribution in [2.24, 2.45) is 5.92 Å². The topological polar surface area (TPSA) is 57.5 Å². The van der Waals surface area contributed by atoms with Crippen LogP contribution in [0.15, 0.2) is 48.5 Å². The molecule has 0 aliphatic rings. The van der Waals surface area contributed by atoms with Gasteiger partial charge in [0.2, 0.25) is 0 Å². The molecule has 0 aliphatic heterocycles. The first-order valence-corrected chi connectivity index (χ1v) is 6.62. The number of hydrogen-bond acceptors (Lipinski definition) is 3. The fourth-order valence-electron chi connectivity index (χ4n) is 2.27. The minimum atomic E-state index is -0.135. The third-order valence-electron chi connectivity index (χ3n) is 3.64. The van der Waals surface area contributed by atoms with Crippen LogP contribution in [0.1, 0.15) is 24.0 Å². The third kappa shape index (κ3) is 3.38. The van der Waals surface area contributed by atoms with Crippen molar-refractivity contribution in [2.75, 3.05) is 0 Å². The maximum Gasteiger partial charge on any atom is 0.124 e. The van der Waals surface area contributed by atoms with Crippen LogP contribution in [-0.2, 0) is 11.2 Å². The number of hydrogen-bond donors (Lipinski definition) is 2. The zero-order valence-electron chi connectivity index (χ0n) is 11.4. The summed E-state index contributed by atoms with van der Waals surface area (Å²) in [4.78, 5) is 11.4. The minimum Gasteiger partial charge on any atom is -0.508 e. The lowest BCUT2D eigenvalue weighted by atomic mass is 9.84. The summed E-state index contributed by atoms with van der Waals surface area (Å²) >= 11 is 0. The molecule has 0 heterocycles. The summed E-state index contributed by atoms with van der Waals surface area (Å²) in [5.41, 5.74) is 2.05. The van der Waals surface area contributed by atoms with Gasteiger partial charge in [-0.25, -0.2) is 0 Å². The molecule has 3 heteroatoms. The van der Waals surface area contributed by atoms with E-state index in [0.29, 0.717) is 6.42 Å². The highest BCUT2D eigenvalue weighted by molar-refractivity contribution is 5.57. The minimum absolute atomic E-state index is 0.0712. The van der Waals surface area contributed by atoms with E-state index >= 15 is 0 Å². The molecule has 2 aromatic rings. The van der Waals surface area contributed by atoms with Gasteiger partial charge in [-0.3, -0.25) is 0 Å². The molecular weight excluding hydrogens is 252 g/mol. The van der Waals surface area contributed by atoms with Gasteiger partial charge in [0, 0.05) is 5.92 Å². The maximum absolute atomic E-state index is 11.4. The number of benzene rings is 2. The van der Waals surface area contributed by atoms with Crippen molar-refractivity contribution in [1.29, 1.82) is 0 Å². The first-order chi connectivity index (χ1) is 9.60. The zero-order chi connectivity index (χ0) is 14.5. The molecule has 0 fully saturated rings. The molecule has 0 amide bonds. The van der Waals surface area contributed by atoms with Crippen molar-refractivity contribution in [3.8, 4) is 11.5 Å². The van der Waals surface area contributed by atoms with Crippen LogP contribution in [0.25, 0.3) is 0 Å². The number of phenols is 2. The first kappa shape index (κ1) is 14.1. The first-order valence-electron chi connectivity index (χ1n) is 6.62. The summed E-state index contributed by atoms with van der Waals surface area (Å²) in [6, 6.07) is 13.9. The van der Waals surface area contributed by atoms with E-state index in [4.69, 9.17) is 0 Å². The summed E-state index contributed by atoms with van der Waals surface area (Å²) in [6.07, 6.45) is 1.61. The molecule has 0 spiro atoms. The number of aromatic hydroxyl groups is 2. The highest BCUT2D eigenvalue weighted by Gasteiger charge is 2.19. The van der Waals surface area contributed by atoms with E-state index in [1.165, 1.54) is 0 Å². The Kier molecular flexibility index (Phi) is 4.41. The third-order valence-corrected chi connectivity index (χ3v) is 3.64. The van der Waals surface area contributed by atoms with Crippen LogP contribution >= 0.6 is 0 Å². The second-order valence-corrected chi connectivity index (χ2v) is 5.05. The van der Waals surface area contributed by atoms with Crippen molar-refractivity contribution in [1.82, 2.24) is 0 Å². The summed E-state index contributed by atoms with van der Waals surface area (Å²) < 4.78 is 0. The zero-order valence-corrected chi connectivity index (χ0v) is 11.4. The highest BCUT2D eigenvalue weighted by Crippen LogP contribution is 2.27. The predicted octanol–water partition coefficient (Wildman–Crippen LogP) is 3.26. The van der Waals surface area contributed by atoms with Gasteiger partial charge in [0.1, 0.15) is 17.8 Å². The Balaban J connectivity index is 2.13. The Hall–Kier alpha value is -2.29. The molecule has 3 nitrogen and oxygen atoms in total. The van der Waals surface area contributed by atoms with Gasteiger partial charge in [-0.1, -0.05) is 31.2 Å². The van der Waals surface area contributed by atoms with Crippen molar-refractivity contribution in [3.63, 3.8) is 0 Å². The molecule has 2 unspecified atom stereocenters. The van der Waals surface area contributed by atoms with E-state index < -0.39 is 0 Å². The Morgan fingerprint density at radius 3 is 1.95 bits per heavy atom. The Morgan fingerprint density at radius 1 is 0.950 bits per heavy atom. The highest BCUT2D eigenvalue weighted by atomic mass is 16.3. The molecule has 2 rings (SSSR count). The SMILES string of the molecule is CC(c1ccc(O)cc1)C(C=O)Cc1ccc(O)cc1. The molecule has 2 N–H and O–H groups in total. The molecule has 2 atom stereocenters. The average molecular weight is 270 g/mol. The lowest BCUT2D eigenvalue weighted by Crippen LogP contribution is -2.14. The predicted molar refractivity (Wildman–Crippen MR) is 77.9 cm³/mol. The van der Waals surface area contributed by atoms with Crippen LogP contribution in [0.5, 0.6) is 11.5 Å². The Labute approximate surface area is 118 Å². The quantitative estimate of drug-likeness (QED) is 0.820. The van der Waals surface area contributed by atoms with E-state index in [2.05, 4.69) is 0 Å². The molecule has 20 heavy (non-hydrogen) atoms. The van der Waals surface area contributed by atoms with Gasteiger partial charge in [0.25, 0.3) is 0 Å². The average Bonchev–Trinajstić information content (AvgIpc) is 2.47. The van der Waals surface area contributed by atoms with Crippen LogP contribution in [0.3, 0.4) is 0 Å². The van der Waals surface area contributed by atoms with Gasteiger partial charge < -0.3 is 15.0 Å². The van der Waals surface area contributed by atoms with Gasteiger partial charge in [0.05, 0.1) is 0 Å². The van der Waals surface area contributed by atoms with Crippen LogP contribution in [0.2, 0.25) is 0 Å².